The first-order valence-corrected chi connectivity index (χ1v) is 7.99. The number of aliphatic hydroxyl groups is 2. The lowest BCUT2D eigenvalue weighted by Crippen LogP contribution is -2.45. The van der Waals surface area contributed by atoms with E-state index < -0.39 is 0 Å². The summed E-state index contributed by atoms with van der Waals surface area (Å²) in [6, 6.07) is 1.09. The van der Waals surface area contributed by atoms with E-state index in [0.29, 0.717) is 23.9 Å². The summed E-state index contributed by atoms with van der Waals surface area (Å²) in [5, 5.41) is 18.9. The first kappa shape index (κ1) is 17.9. The van der Waals surface area contributed by atoms with Crippen LogP contribution in [0.4, 0.5) is 0 Å². The van der Waals surface area contributed by atoms with Crippen molar-refractivity contribution in [2.45, 2.75) is 64.8 Å². The number of aliphatic hydroxyl groups excluding tert-OH is 2. The maximum atomic E-state index is 9.44. The van der Waals surface area contributed by atoms with Gasteiger partial charge in [-0.15, -0.1) is 0 Å². The zero-order valence-corrected chi connectivity index (χ0v) is 14.1. The van der Waals surface area contributed by atoms with Crippen molar-refractivity contribution in [2.24, 2.45) is 11.8 Å². The summed E-state index contributed by atoms with van der Waals surface area (Å²) < 4.78 is 0. The molecule has 4 heteroatoms. The third kappa shape index (κ3) is 4.99. The van der Waals surface area contributed by atoms with Crippen molar-refractivity contribution in [2.75, 3.05) is 27.2 Å². The molecule has 2 N–H and O–H groups in total. The van der Waals surface area contributed by atoms with Crippen LogP contribution in [-0.4, -0.2) is 71.5 Å². The molecule has 0 aromatic heterocycles. The SMILES string of the molecule is C[C@@H]1C[C@@H](O)[C@@H](C)CN1C.C[C@@H]1C[C@H](O)[C@@H](C)CN1C. The standard InChI is InChI=1S/2C8H17NO/c2*1-6-5-9(3)7(2)4-8(6)10/h2*6-8,10H,4-5H2,1-3H3/t6-,7+,8+;6-,7+,8-/m00/s1. The molecule has 0 saturated carbocycles. The highest BCUT2D eigenvalue weighted by Crippen LogP contribution is 2.20. The van der Waals surface area contributed by atoms with Crippen molar-refractivity contribution < 1.29 is 10.2 Å². The molecule has 2 heterocycles. The normalized spacial score (nSPS) is 43.8. The van der Waals surface area contributed by atoms with Gasteiger partial charge in [0.25, 0.3) is 0 Å². The topological polar surface area (TPSA) is 46.9 Å². The first-order chi connectivity index (χ1) is 9.22. The number of hydrogen-bond donors (Lipinski definition) is 2. The van der Waals surface area contributed by atoms with Crippen LogP contribution < -0.4 is 0 Å². The number of nitrogens with zero attached hydrogens (tertiary/aromatic N) is 2. The number of piperidine rings is 2. The average Bonchev–Trinajstić information content (AvgIpc) is 2.35. The second kappa shape index (κ2) is 7.74. The Morgan fingerprint density at radius 1 is 0.700 bits per heavy atom. The van der Waals surface area contributed by atoms with Gasteiger partial charge in [0.15, 0.2) is 0 Å². The fraction of sp³-hybridized carbons (Fsp3) is 1.00. The van der Waals surface area contributed by atoms with E-state index in [1.807, 2.05) is 0 Å². The first-order valence-electron chi connectivity index (χ1n) is 7.99. The smallest absolute Gasteiger partial charge is 0.0592 e. The second-order valence-corrected chi connectivity index (χ2v) is 7.14. The predicted molar refractivity (Wildman–Crippen MR) is 83.8 cm³/mol. The molecule has 0 bridgehead atoms. The molecule has 2 fully saturated rings. The Balaban J connectivity index is 0.000000200. The minimum atomic E-state index is -0.0776. The van der Waals surface area contributed by atoms with Crippen LogP contribution in [-0.2, 0) is 0 Å². The zero-order chi connectivity index (χ0) is 15.4. The van der Waals surface area contributed by atoms with Crippen LogP contribution in [0.15, 0.2) is 0 Å². The molecule has 0 aliphatic carbocycles. The Bertz CT molecular complexity index is 208. The molecule has 2 rings (SSSR count). The van der Waals surface area contributed by atoms with Gasteiger partial charge in [-0.2, -0.15) is 0 Å². The summed E-state index contributed by atoms with van der Waals surface area (Å²) in [5.41, 5.74) is 0. The third-order valence-corrected chi connectivity index (χ3v) is 5.14. The lowest BCUT2D eigenvalue weighted by atomic mass is 9.93. The molecule has 0 amide bonds. The lowest BCUT2D eigenvalue weighted by molar-refractivity contribution is 0.0173. The minimum absolute atomic E-state index is 0.0776. The van der Waals surface area contributed by atoms with Crippen LogP contribution in [0.25, 0.3) is 0 Å². The molecule has 2 aliphatic heterocycles. The van der Waals surface area contributed by atoms with Crippen LogP contribution in [0, 0.1) is 11.8 Å². The van der Waals surface area contributed by atoms with E-state index in [0.717, 1.165) is 25.9 Å². The summed E-state index contributed by atoms with van der Waals surface area (Å²) in [7, 11) is 4.24. The van der Waals surface area contributed by atoms with Gasteiger partial charge in [-0.3, -0.25) is 0 Å². The second-order valence-electron chi connectivity index (χ2n) is 7.14. The van der Waals surface area contributed by atoms with Crippen molar-refractivity contribution in [1.29, 1.82) is 0 Å². The molecule has 0 radical (unpaired) electrons. The van der Waals surface area contributed by atoms with Crippen molar-refractivity contribution in [3.05, 3.63) is 0 Å². The van der Waals surface area contributed by atoms with Gasteiger partial charge < -0.3 is 20.0 Å². The van der Waals surface area contributed by atoms with E-state index >= 15 is 0 Å². The summed E-state index contributed by atoms with van der Waals surface area (Å²) in [4.78, 5) is 4.61. The van der Waals surface area contributed by atoms with E-state index in [1.165, 1.54) is 0 Å². The van der Waals surface area contributed by atoms with Crippen molar-refractivity contribution in [3.63, 3.8) is 0 Å². The molecule has 4 nitrogen and oxygen atoms in total. The van der Waals surface area contributed by atoms with Gasteiger partial charge in [-0.1, -0.05) is 13.8 Å². The quantitative estimate of drug-likeness (QED) is 0.707. The summed E-state index contributed by atoms with van der Waals surface area (Å²) in [5.74, 6) is 0.891. The zero-order valence-electron chi connectivity index (χ0n) is 14.1. The van der Waals surface area contributed by atoms with Gasteiger partial charge in [0.1, 0.15) is 0 Å². The molecule has 0 unspecified atom stereocenters. The van der Waals surface area contributed by atoms with E-state index in [4.69, 9.17) is 0 Å². The van der Waals surface area contributed by atoms with Gasteiger partial charge in [0.05, 0.1) is 12.2 Å². The molecule has 2 aliphatic rings. The highest BCUT2D eigenvalue weighted by atomic mass is 16.3. The monoisotopic (exact) mass is 286 g/mol. The molecule has 2 saturated heterocycles. The predicted octanol–water partition coefficient (Wildman–Crippen LogP) is 1.41. The van der Waals surface area contributed by atoms with E-state index in [2.05, 4.69) is 51.6 Å². The van der Waals surface area contributed by atoms with Crippen molar-refractivity contribution >= 4 is 0 Å². The van der Waals surface area contributed by atoms with Gasteiger partial charge >= 0.3 is 0 Å². The molecular weight excluding hydrogens is 252 g/mol. The molecule has 0 spiro atoms. The summed E-state index contributed by atoms with van der Waals surface area (Å²) in [6.07, 6.45) is 1.70. The van der Waals surface area contributed by atoms with Crippen LogP contribution in [0.2, 0.25) is 0 Å². The molecule has 20 heavy (non-hydrogen) atoms. The Morgan fingerprint density at radius 3 is 1.25 bits per heavy atom. The molecule has 0 aromatic carbocycles. The minimum Gasteiger partial charge on any atom is -0.393 e. The van der Waals surface area contributed by atoms with Crippen LogP contribution >= 0.6 is 0 Å². The molecule has 6 atom stereocenters. The van der Waals surface area contributed by atoms with Gasteiger partial charge in [0, 0.05) is 25.2 Å². The number of rotatable bonds is 0. The largest absolute Gasteiger partial charge is 0.393 e. The van der Waals surface area contributed by atoms with Crippen LogP contribution in [0.5, 0.6) is 0 Å². The maximum absolute atomic E-state index is 9.44. The molecule has 120 valence electrons. The van der Waals surface area contributed by atoms with Gasteiger partial charge in [0.2, 0.25) is 0 Å². The van der Waals surface area contributed by atoms with Crippen LogP contribution in [0.1, 0.15) is 40.5 Å². The van der Waals surface area contributed by atoms with E-state index in [-0.39, 0.29) is 12.2 Å². The summed E-state index contributed by atoms with van der Waals surface area (Å²) >= 11 is 0. The summed E-state index contributed by atoms with van der Waals surface area (Å²) in [6.45, 7) is 10.6. The number of likely N-dealkylation sites (tertiary alicyclic amines) is 2. The Morgan fingerprint density at radius 2 is 1.00 bits per heavy atom. The van der Waals surface area contributed by atoms with E-state index in [9.17, 15) is 10.2 Å². The average molecular weight is 286 g/mol. The maximum Gasteiger partial charge on any atom is 0.0592 e. The molecule has 0 aromatic rings. The third-order valence-electron chi connectivity index (χ3n) is 5.14. The fourth-order valence-corrected chi connectivity index (χ4v) is 3.04. The van der Waals surface area contributed by atoms with Gasteiger partial charge in [-0.25, -0.2) is 0 Å². The highest BCUT2D eigenvalue weighted by Gasteiger charge is 2.27. The molecular formula is C16H34N2O2. The van der Waals surface area contributed by atoms with Crippen LogP contribution in [0.3, 0.4) is 0 Å². The van der Waals surface area contributed by atoms with Crippen molar-refractivity contribution in [3.8, 4) is 0 Å². The Hall–Kier alpha value is -0.160. The highest BCUT2D eigenvalue weighted by molar-refractivity contribution is 4.81. The van der Waals surface area contributed by atoms with E-state index in [1.54, 1.807) is 0 Å². The van der Waals surface area contributed by atoms with Crippen molar-refractivity contribution in [1.82, 2.24) is 9.80 Å². The Kier molecular flexibility index (Phi) is 6.92. The fourth-order valence-electron chi connectivity index (χ4n) is 3.04. The lowest BCUT2D eigenvalue weighted by Gasteiger charge is -2.37. The number of hydrogen-bond acceptors (Lipinski definition) is 4. The van der Waals surface area contributed by atoms with Gasteiger partial charge in [-0.05, 0) is 52.6 Å². The Labute approximate surface area is 124 Å².